The molecule has 13 heteroatoms. The van der Waals surface area contributed by atoms with Crippen LogP contribution in [0.5, 0.6) is 0 Å². The third-order valence-corrected chi connectivity index (χ3v) is 5.73. The summed E-state index contributed by atoms with van der Waals surface area (Å²) in [4.78, 5) is 56.1. The maximum Gasteiger partial charge on any atom is 0.326 e. The minimum Gasteiger partial charge on any atom is -0.480 e. The van der Waals surface area contributed by atoms with Gasteiger partial charge in [0.05, 0.1) is 12.4 Å². The zero-order valence-corrected chi connectivity index (χ0v) is 20.7. The van der Waals surface area contributed by atoms with Gasteiger partial charge in [0, 0.05) is 24.1 Å². The van der Waals surface area contributed by atoms with Gasteiger partial charge in [0.15, 0.2) is 0 Å². The highest BCUT2D eigenvalue weighted by molar-refractivity contribution is 7.98. The summed E-state index contributed by atoms with van der Waals surface area (Å²) in [6.07, 6.45) is 5.58. The second kappa shape index (κ2) is 14.8. The number of aromatic nitrogens is 2. The maximum absolute atomic E-state index is 12.9. The molecule has 7 N–H and O–H groups in total. The number of H-pyrrole nitrogens is 1. The van der Waals surface area contributed by atoms with E-state index < -0.39 is 47.9 Å². The molecule has 1 heterocycles. The summed E-state index contributed by atoms with van der Waals surface area (Å²) >= 11 is 5.69. The summed E-state index contributed by atoms with van der Waals surface area (Å²) in [5.41, 5.74) is 6.43. The van der Waals surface area contributed by atoms with Crippen LogP contribution in [-0.4, -0.2) is 80.7 Å². The summed E-state index contributed by atoms with van der Waals surface area (Å²) in [5, 5.41) is 17.1. The Morgan fingerprint density at radius 2 is 1.73 bits per heavy atom. The number of nitrogens with one attached hydrogen (secondary N) is 4. The molecule has 186 valence electrons. The Morgan fingerprint density at radius 3 is 2.24 bits per heavy atom. The van der Waals surface area contributed by atoms with E-state index in [9.17, 15) is 24.3 Å². The van der Waals surface area contributed by atoms with E-state index in [1.807, 2.05) is 20.1 Å². The van der Waals surface area contributed by atoms with Gasteiger partial charge in [-0.25, -0.2) is 9.78 Å². The monoisotopic (exact) mass is 502 g/mol. The third kappa shape index (κ3) is 10.5. The van der Waals surface area contributed by atoms with Crippen molar-refractivity contribution in [2.75, 3.05) is 17.8 Å². The Bertz CT molecular complexity index is 777. The van der Waals surface area contributed by atoms with Gasteiger partial charge in [-0.2, -0.15) is 24.4 Å². The third-order valence-electron chi connectivity index (χ3n) is 4.72. The summed E-state index contributed by atoms with van der Waals surface area (Å²) in [6, 6.07) is -3.96. The minimum atomic E-state index is -1.23. The fourth-order valence-corrected chi connectivity index (χ4v) is 3.66. The van der Waals surface area contributed by atoms with Crippen molar-refractivity contribution in [3.63, 3.8) is 0 Å². The number of rotatable bonds is 15. The number of nitrogens with two attached hydrogens (primary N) is 1. The number of nitrogens with zero attached hydrogens (tertiary/aromatic N) is 1. The van der Waals surface area contributed by atoms with Gasteiger partial charge in [0.2, 0.25) is 17.7 Å². The van der Waals surface area contributed by atoms with Gasteiger partial charge < -0.3 is 31.8 Å². The van der Waals surface area contributed by atoms with Crippen molar-refractivity contribution in [3.05, 3.63) is 18.2 Å². The molecule has 0 aliphatic rings. The molecule has 3 amide bonds. The zero-order chi connectivity index (χ0) is 25.0. The lowest BCUT2D eigenvalue weighted by atomic mass is 10.0. The molecule has 0 bridgehead atoms. The SMILES string of the molecule is CSCCC(N)C(=O)NC(CC(C)C)C(=O)NC(CS)C(=O)NC(Cc1cnc[nH]1)C(=O)O. The quantitative estimate of drug-likeness (QED) is 0.158. The molecule has 4 unspecified atom stereocenters. The van der Waals surface area contributed by atoms with Crippen molar-refractivity contribution in [3.8, 4) is 0 Å². The van der Waals surface area contributed by atoms with Gasteiger partial charge in [-0.05, 0) is 30.8 Å². The van der Waals surface area contributed by atoms with Gasteiger partial charge in [0.1, 0.15) is 18.1 Å². The maximum atomic E-state index is 12.9. The van der Waals surface area contributed by atoms with Gasteiger partial charge in [-0.15, -0.1) is 0 Å². The van der Waals surface area contributed by atoms with Crippen LogP contribution in [0.25, 0.3) is 0 Å². The average molecular weight is 503 g/mol. The van der Waals surface area contributed by atoms with E-state index in [4.69, 9.17) is 5.73 Å². The number of carbonyl (C=O) groups excluding carboxylic acids is 3. The number of aromatic amines is 1. The Labute approximate surface area is 203 Å². The molecule has 0 aliphatic heterocycles. The van der Waals surface area contributed by atoms with Gasteiger partial charge in [-0.1, -0.05) is 13.8 Å². The molecule has 0 saturated heterocycles. The number of thioether (sulfide) groups is 1. The first kappa shape index (κ1) is 28.8. The van der Waals surface area contributed by atoms with E-state index in [0.717, 1.165) is 0 Å². The van der Waals surface area contributed by atoms with Crippen molar-refractivity contribution in [2.45, 2.75) is 57.3 Å². The molecule has 0 aromatic carbocycles. The summed E-state index contributed by atoms with van der Waals surface area (Å²) in [6.45, 7) is 3.80. The highest BCUT2D eigenvalue weighted by Gasteiger charge is 2.30. The Kier molecular flexibility index (Phi) is 12.9. The molecule has 0 fully saturated rings. The van der Waals surface area contributed by atoms with Crippen LogP contribution in [-0.2, 0) is 25.6 Å². The van der Waals surface area contributed by atoms with Crippen LogP contribution in [0, 0.1) is 5.92 Å². The van der Waals surface area contributed by atoms with E-state index in [2.05, 4.69) is 38.5 Å². The summed E-state index contributed by atoms with van der Waals surface area (Å²) < 4.78 is 0. The van der Waals surface area contributed by atoms with Crippen molar-refractivity contribution in [2.24, 2.45) is 11.7 Å². The lowest BCUT2D eigenvalue weighted by Gasteiger charge is -2.25. The molecule has 0 aliphatic carbocycles. The Hall–Kier alpha value is -2.25. The lowest BCUT2D eigenvalue weighted by molar-refractivity contribution is -0.142. The molecule has 1 aromatic rings. The van der Waals surface area contributed by atoms with E-state index in [1.165, 1.54) is 12.5 Å². The number of carboxylic acids is 1. The smallest absolute Gasteiger partial charge is 0.326 e. The van der Waals surface area contributed by atoms with E-state index in [0.29, 0.717) is 24.3 Å². The van der Waals surface area contributed by atoms with Gasteiger partial charge >= 0.3 is 5.97 Å². The molecule has 1 rings (SSSR count). The predicted molar refractivity (Wildman–Crippen MR) is 130 cm³/mol. The molecule has 0 spiro atoms. The lowest BCUT2D eigenvalue weighted by Crippen LogP contribution is -2.58. The number of aliphatic carboxylic acids is 1. The Morgan fingerprint density at radius 1 is 1.12 bits per heavy atom. The van der Waals surface area contributed by atoms with Crippen LogP contribution in [0.3, 0.4) is 0 Å². The van der Waals surface area contributed by atoms with Gasteiger partial charge in [-0.3, -0.25) is 14.4 Å². The fourth-order valence-electron chi connectivity index (χ4n) is 2.91. The second-order valence-electron chi connectivity index (χ2n) is 8.00. The van der Waals surface area contributed by atoms with Crippen LogP contribution in [0.1, 0.15) is 32.4 Å². The standard InChI is InChI=1S/C20H34N6O5S2/c1-11(2)6-14(24-17(27)13(21)4-5-33-3)18(28)26-16(9-32)19(29)25-15(20(30)31)7-12-8-22-10-23-12/h8,10-11,13-16,32H,4-7,9,21H2,1-3H3,(H,22,23)(H,24,27)(H,25,29)(H,26,28)(H,30,31). The average Bonchev–Trinajstić information content (AvgIpc) is 3.27. The largest absolute Gasteiger partial charge is 0.480 e. The number of hydrogen-bond donors (Lipinski definition) is 7. The molecule has 33 heavy (non-hydrogen) atoms. The van der Waals surface area contributed by atoms with Gasteiger partial charge in [0.25, 0.3) is 0 Å². The molecule has 0 radical (unpaired) electrons. The number of amides is 3. The molecule has 4 atom stereocenters. The number of thiol groups is 1. The second-order valence-corrected chi connectivity index (χ2v) is 9.35. The number of hydrogen-bond acceptors (Lipinski definition) is 8. The van der Waals surface area contributed by atoms with Crippen LogP contribution in [0.2, 0.25) is 0 Å². The fraction of sp³-hybridized carbons (Fsp3) is 0.650. The molecule has 1 aromatic heterocycles. The first-order chi connectivity index (χ1) is 15.6. The first-order valence-corrected chi connectivity index (χ1v) is 12.6. The van der Waals surface area contributed by atoms with Crippen molar-refractivity contribution in [1.82, 2.24) is 25.9 Å². The normalized spacial score (nSPS) is 14.7. The molecular formula is C20H34N6O5S2. The van der Waals surface area contributed by atoms with E-state index >= 15 is 0 Å². The highest BCUT2D eigenvalue weighted by Crippen LogP contribution is 2.08. The molecular weight excluding hydrogens is 468 g/mol. The molecule has 0 saturated carbocycles. The number of carboxylic acid groups (broad SMARTS) is 1. The zero-order valence-electron chi connectivity index (χ0n) is 19.0. The summed E-state index contributed by atoms with van der Waals surface area (Å²) in [7, 11) is 0. The van der Waals surface area contributed by atoms with Crippen LogP contribution < -0.4 is 21.7 Å². The summed E-state index contributed by atoms with van der Waals surface area (Å²) in [5.74, 6) is -2.21. The van der Waals surface area contributed by atoms with Crippen molar-refractivity contribution >= 4 is 48.1 Å². The first-order valence-electron chi connectivity index (χ1n) is 10.6. The van der Waals surface area contributed by atoms with Crippen molar-refractivity contribution in [1.29, 1.82) is 0 Å². The highest BCUT2D eigenvalue weighted by atomic mass is 32.2. The number of carbonyl (C=O) groups is 4. The van der Waals surface area contributed by atoms with E-state index in [-0.39, 0.29) is 18.1 Å². The van der Waals surface area contributed by atoms with E-state index in [1.54, 1.807) is 11.8 Å². The number of imidazole rings is 1. The molecule has 11 nitrogen and oxygen atoms in total. The Balaban J connectivity index is 2.81. The minimum absolute atomic E-state index is 0.00568. The van der Waals surface area contributed by atoms with Crippen LogP contribution in [0.15, 0.2) is 12.5 Å². The predicted octanol–water partition coefficient (Wildman–Crippen LogP) is -0.452. The van der Waals surface area contributed by atoms with Crippen LogP contribution >= 0.6 is 24.4 Å². The van der Waals surface area contributed by atoms with Crippen molar-refractivity contribution < 1.29 is 24.3 Å². The van der Waals surface area contributed by atoms with Crippen LogP contribution in [0.4, 0.5) is 0 Å². The topological polar surface area (TPSA) is 179 Å².